The standard InChI is InChI=1S/C53H88O6/c1-4-7-10-13-16-19-22-25-26-27-28-29-32-34-37-40-43-46-52(55)58-49-50(59-53(56)47-44-41-38-35-31-24-21-18-15-12-9-6-3)48-57-51(54)45-42-39-36-33-30-23-20-17-14-11-8-5-2/h7,10,16-21,25-26,28-29,34,37,50H,4-6,8-9,11-15,22-24,27,30-33,35-36,38-49H2,1-3H3/b10-7-,19-16-,20-17-,21-18-,26-25-,29-28-,37-34-. The lowest BCUT2D eigenvalue weighted by atomic mass is 10.1. The minimum Gasteiger partial charge on any atom is -0.462 e. The summed E-state index contributed by atoms with van der Waals surface area (Å²) in [5.41, 5.74) is 0. The Morgan fingerprint density at radius 2 is 0.678 bits per heavy atom. The monoisotopic (exact) mass is 821 g/mol. The van der Waals surface area contributed by atoms with E-state index < -0.39 is 6.10 Å². The predicted molar refractivity (Wildman–Crippen MR) is 251 cm³/mol. The summed E-state index contributed by atoms with van der Waals surface area (Å²) < 4.78 is 16.7. The SMILES string of the molecule is CC/C=C\C/C=C\C/C=C\C/C=C\C/C=C\CCCC(=O)OCC(COC(=O)CCCCCCC/C=C\CCCCC)OC(=O)CCCCCCC/C=C\CCCCC. The Hall–Kier alpha value is -3.41. The number of hydrogen-bond acceptors (Lipinski definition) is 6. The highest BCUT2D eigenvalue weighted by Gasteiger charge is 2.19. The van der Waals surface area contributed by atoms with E-state index in [1.807, 2.05) is 0 Å². The molecule has 0 amide bonds. The molecule has 0 spiro atoms. The smallest absolute Gasteiger partial charge is 0.306 e. The van der Waals surface area contributed by atoms with Crippen molar-refractivity contribution in [3.8, 4) is 0 Å². The fraction of sp³-hybridized carbons (Fsp3) is 0.679. The second-order valence-electron chi connectivity index (χ2n) is 15.6. The molecule has 0 aromatic carbocycles. The first kappa shape index (κ1) is 55.6. The van der Waals surface area contributed by atoms with Gasteiger partial charge in [-0.1, -0.05) is 170 Å². The van der Waals surface area contributed by atoms with E-state index in [-0.39, 0.29) is 37.5 Å². The molecule has 0 aromatic rings. The van der Waals surface area contributed by atoms with Gasteiger partial charge in [0.2, 0.25) is 0 Å². The molecule has 0 aliphatic heterocycles. The molecule has 0 bridgehead atoms. The number of carbonyl (C=O) groups excluding carboxylic acids is 3. The van der Waals surface area contributed by atoms with Crippen LogP contribution in [-0.2, 0) is 28.6 Å². The van der Waals surface area contributed by atoms with Crippen molar-refractivity contribution in [2.45, 2.75) is 219 Å². The average Bonchev–Trinajstić information content (AvgIpc) is 3.23. The summed E-state index contributed by atoms with van der Waals surface area (Å²) in [4.78, 5) is 37.8. The van der Waals surface area contributed by atoms with Gasteiger partial charge in [0, 0.05) is 19.3 Å². The van der Waals surface area contributed by atoms with Crippen molar-refractivity contribution in [2.75, 3.05) is 13.2 Å². The van der Waals surface area contributed by atoms with Crippen LogP contribution in [0.5, 0.6) is 0 Å². The number of carbonyl (C=O) groups is 3. The number of esters is 3. The minimum atomic E-state index is -0.805. The van der Waals surface area contributed by atoms with Crippen molar-refractivity contribution in [1.29, 1.82) is 0 Å². The Labute approximate surface area is 363 Å². The van der Waals surface area contributed by atoms with Crippen molar-refractivity contribution in [2.24, 2.45) is 0 Å². The maximum Gasteiger partial charge on any atom is 0.306 e. The van der Waals surface area contributed by atoms with Crippen molar-refractivity contribution >= 4 is 17.9 Å². The maximum absolute atomic E-state index is 12.7. The maximum atomic E-state index is 12.7. The zero-order chi connectivity index (χ0) is 43.0. The van der Waals surface area contributed by atoms with E-state index in [0.717, 1.165) is 103 Å². The quantitative estimate of drug-likeness (QED) is 0.0264. The van der Waals surface area contributed by atoms with Crippen molar-refractivity contribution in [3.63, 3.8) is 0 Å². The summed E-state index contributed by atoms with van der Waals surface area (Å²) in [6.45, 7) is 6.39. The van der Waals surface area contributed by atoms with E-state index >= 15 is 0 Å². The summed E-state index contributed by atoms with van der Waals surface area (Å²) in [5, 5.41) is 0. The van der Waals surface area contributed by atoms with Gasteiger partial charge in [0.1, 0.15) is 13.2 Å². The van der Waals surface area contributed by atoms with Gasteiger partial charge in [-0.15, -0.1) is 0 Å². The Bertz CT molecular complexity index is 1170. The van der Waals surface area contributed by atoms with Crippen molar-refractivity contribution in [1.82, 2.24) is 0 Å². The van der Waals surface area contributed by atoms with Gasteiger partial charge in [0.15, 0.2) is 6.10 Å². The zero-order valence-electron chi connectivity index (χ0n) is 38.2. The topological polar surface area (TPSA) is 78.9 Å². The van der Waals surface area contributed by atoms with E-state index in [2.05, 4.69) is 106 Å². The molecule has 0 fully saturated rings. The van der Waals surface area contributed by atoms with Gasteiger partial charge in [-0.3, -0.25) is 14.4 Å². The van der Waals surface area contributed by atoms with Crippen LogP contribution in [0, 0.1) is 0 Å². The fourth-order valence-corrected chi connectivity index (χ4v) is 6.23. The molecule has 0 rings (SSSR count). The Morgan fingerprint density at radius 1 is 0.356 bits per heavy atom. The third-order valence-corrected chi connectivity index (χ3v) is 9.85. The molecule has 6 nitrogen and oxygen atoms in total. The lowest BCUT2D eigenvalue weighted by molar-refractivity contribution is -0.167. The summed E-state index contributed by atoms with van der Waals surface area (Å²) >= 11 is 0. The van der Waals surface area contributed by atoms with Crippen molar-refractivity contribution in [3.05, 3.63) is 85.1 Å². The summed E-state index contributed by atoms with van der Waals surface area (Å²) in [6, 6.07) is 0. The van der Waals surface area contributed by atoms with E-state index in [0.29, 0.717) is 19.3 Å². The van der Waals surface area contributed by atoms with Crippen LogP contribution in [0.1, 0.15) is 213 Å². The fourth-order valence-electron chi connectivity index (χ4n) is 6.23. The van der Waals surface area contributed by atoms with Gasteiger partial charge in [-0.2, -0.15) is 0 Å². The normalized spacial score (nSPS) is 12.8. The molecular weight excluding hydrogens is 733 g/mol. The molecule has 0 saturated carbocycles. The van der Waals surface area contributed by atoms with Crippen LogP contribution < -0.4 is 0 Å². The van der Waals surface area contributed by atoms with E-state index in [1.54, 1.807) is 0 Å². The lowest BCUT2D eigenvalue weighted by Gasteiger charge is -2.18. The second-order valence-corrected chi connectivity index (χ2v) is 15.6. The molecule has 0 aliphatic carbocycles. The molecule has 0 N–H and O–H groups in total. The van der Waals surface area contributed by atoms with Crippen molar-refractivity contribution < 1.29 is 28.6 Å². The molecule has 1 unspecified atom stereocenters. The largest absolute Gasteiger partial charge is 0.462 e. The number of allylic oxidation sites excluding steroid dienone is 14. The van der Waals surface area contributed by atoms with Gasteiger partial charge in [-0.05, 0) is 109 Å². The third-order valence-electron chi connectivity index (χ3n) is 9.85. The lowest BCUT2D eigenvalue weighted by Crippen LogP contribution is -2.30. The van der Waals surface area contributed by atoms with Gasteiger partial charge >= 0.3 is 17.9 Å². The van der Waals surface area contributed by atoms with Crippen LogP contribution in [0.2, 0.25) is 0 Å². The molecule has 6 heteroatoms. The summed E-state index contributed by atoms with van der Waals surface area (Å²) in [6.07, 6.45) is 59.9. The number of unbranched alkanes of at least 4 members (excludes halogenated alkanes) is 17. The van der Waals surface area contributed by atoms with Crippen LogP contribution in [0.4, 0.5) is 0 Å². The molecular formula is C53H88O6. The molecule has 0 aliphatic rings. The highest BCUT2D eigenvalue weighted by molar-refractivity contribution is 5.71. The molecule has 59 heavy (non-hydrogen) atoms. The van der Waals surface area contributed by atoms with Gasteiger partial charge in [0.25, 0.3) is 0 Å². The molecule has 0 saturated heterocycles. The average molecular weight is 821 g/mol. The first-order valence-corrected chi connectivity index (χ1v) is 24.1. The molecule has 336 valence electrons. The first-order chi connectivity index (χ1) is 29.0. The van der Waals surface area contributed by atoms with Crippen LogP contribution in [0.3, 0.4) is 0 Å². The number of rotatable bonds is 42. The van der Waals surface area contributed by atoms with Crippen LogP contribution >= 0.6 is 0 Å². The van der Waals surface area contributed by atoms with E-state index in [9.17, 15) is 14.4 Å². The van der Waals surface area contributed by atoms with E-state index in [1.165, 1.54) is 64.2 Å². The Balaban J connectivity index is 4.50. The first-order valence-electron chi connectivity index (χ1n) is 24.1. The molecule has 0 heterocycles. The third kappa shape index (κ3) is 45.5. The zero-order valence-corrected chi connectivity index (χ0v) is 38.2. The second kappa shape index (κ2) is 47.3. The number of ether oxygens (including phenoxy) is 3. The predicted octanol–water partition coefficient (Wildman–Crippen LogP) is 15.6. The summed E-state index contributed by atoms with van der Waals surface area (Å²) in [7, 11) is 0. The number of hydrogen-bond donors (Lipinski definition) is 0. The Kier molecular flexibility index (Phi) is 44.5. The minimum absolute atomic E-state index is 0.103. The van der Waals surface area contributed by atoms with Gasteiger partial charge in [-0.25, -0.2) is 0 Å². The highest BCUT2D eigenvalue weighted by Crippen LogP contribution is 2.12. The highest BCUT2D eigenvalue weighted by atomic mass is 16.6. The molecule has 0 aromatic heterocycles. The van der Waals surface area contributed by atoms with Gasteiger partial charge in [0.05, 0.1) is 0 Å². The molecule has 1 atom stereocenters. The van der Waals surface area contributed by atoms with Crippen LogP contribution in [-0.4, -0.2) is 37.2 Å². The van der Waals surface area contributed by atoms with E-state index in [4.69, 9.17) is 14.2 Å². The van der Waals surface area contributed by atoms with Gasteiger partial charge < -0.3 is 14.2 Å². The van der Waals surface area contributed by atoms with Crippen LogP contribution in [0.15, 0.2) is 85.1 Å². The summed E-state index contributed by atoms with van der Waals surface area (Å²) in [5.74, 6) is -0.987. The molecule has 0 radical (unpaired) electrons. The Morgan fingerprint density at radius 3 is 1.12 bits per heavy atom. The van der Waals surface area contributed by atoms with Crippen LogP contribution in [0.25, 0.3) is 0 Å².